The third kappa shape index (κ3) is 1.04. The maximum atomic E-state index is 2.90. The van der Waals surface area contributed by atoms with Gasteiger partial charge in [-0.2, -0.15) is 0 Å². The van der Waals surface area contributed by atoms with Crippen LogP contribution >= 0.6 is 0 Å². The summed E-state index contributed by atoms with van der Waals surface area (Å²) in [6, 6.07) is 0. The number of likely N-dealkylation sites (N-methyl/N-ethyl adjacent to an activating group) is 2. The van der Waals surface area contributed by atoms with Gasteiger partial charge in [-0.05, 0) is 0 Å². The van der Waals surface area contributed by atoms with E-state index in [4.69, 9.17) is 0 Å². The van der Waals surface area contributed by atoms with Crippen molar-refractivity contribution in [2.75, 3.05) is 27.2 Å². The minimum absolute atomic E-state index is 1.16. The van der Waals surface area contributed by atoms with E-state index < -0.39 is 0 Å². The van der Waals surface area contributed by atoms with Crippen LogP contribution in [0.15, 0.2) is 0 Å². The van der Waals surface area contributed by atoms with Crippen LogP contribution in [0, 0.1) is 0 Å². The zero-order valence-electron chi connectivity index (χ0n) is 5.14. The van der Waals surface area contributed by atoms with Crippen LogP contribution in [-0.2, 0) is 17.9 Å². The van der Waals surface area contributed by atoms with Gasteiger partial charge in [-0.1, -0.05) is 0 Å². The Morgan fingerprint density at radius 1 is 1.25 bits per heavy atom. The van der Waals surface area contributed by atoms with Crippen molar-refractivity contribution in [1.29, 1.82) is 0 Å². The molecule has 0 radical (unpaired) electrons. The first kappa shape index (κ1) is 6.53. The van der Waals surface area contributed by atoms with Crippen LogP contribution in [0.2, 0.25) is 0 Å². The van der Waals surface area contributed by atoms with Crippen molar-refractivity contribution in [1.82, 2.24) is 9.80 Å². The molecule has 2 nitrogen and oxygen atoms in total. The molecule has 0 aliphatic carbocycles. The summed E-state index contributed by atoms with van der Waals surface area (Å²) in [5.41, 5.74) is 0. The molecule has 0 atom stereocenters. The zero-order valence-corrected chi connectivity index (χ0v) is 6.78. The Morgan fingerprint density at radius 3 is 1.75 bits per heavy atom. The van der Waals surface area contributed by atoms with Gasteiger partial charge < -0.3 is 0 Å². The van der Waals surface area contributed by atoms with E-state index in [9.17, 15) is 0 Å². The molecule has 0 saturated carbocycles. The first-order chi connectivity index (χ1) is 3.72. The van der Waals surface area contributed by atoms with Gasteiger partial charge in [0.15, 0.2) is 0 Å². The van der Waals surface area contributed by atoms with Crippen molar-refractivity contribution in [3.05, 3.63) is 0 Å². The predicted octanol–water partition coefficient (Wildman–Crippen LogP) is -0.502. The SMILES string of the molecule is CN1CCN(C)[C]1=[Rh]. The number of rotatable bonds is 0. The van der Waals surface area contributed by atoms with E-state index in [0.717, 1.165) is 13.1 Å². The van der Waals surface area contributed by atoms with Gasteiger partial charge in [-0.3, -0.25) is 0 Å². The van der Waals surface area contributed by atoms with Crippen LogP contribution in [0.5, 0.6) is 0 Å². The summed E-state index contributed by atoms with van der Waals surface area (Å²) in [4.78, 5) is 4.43. The van der Waals surface area contributed by atoms with Gasteiger partial charge >= 0.3 is 59.2 Å². The van der Waals surface area contributed by atoms with Gasteiger partial charge in [0.1, 0.15) is 0 Å². The van der Waals surface area contributed by atoms with Crippen LogP contribution in [0.4, 0.5) is 0 Å². The van der Waals surface area contributed by atoms with E-state index in [2.05, 4.69) is 41.7 Å². The molecule has 1 saturated heterocycles. The standard InChI is InChI=1S/C5H10N2.Rh/c1-6-3-4-7(2)5-6;/h3-4H2,1-2H3;. The van der Waals surface area contributed by atoms with E-state index in [1.807, 2.05) is 0 Å². The second-order valence-corrected chi connectivity index (χ2v) is 2.83. The summed E-state index contributed by atoms with van der Waals surface area (Å²) < 4.78 is 1.27. The predicted molar refractivity (Wildman–Crippen MR) is 30.3 cm³/mol. The van der Waals surface area contributed by atoms with Crippen molar-refractivity contribution < 1.29 is 17.9 Å². The summed E-state index contributed by atoms with van der Waals surface area (Å²) >= 11 is 2.90. The minimum atomic E-state index is 1.16. The summed E-state index contributed by atoms with van der Waals surface area (Å²) in [5.74, 6) is 0. The molecule has 8 heavy (non-hydrogen) atoms. The molecular formula is C5H10N2Rh. The maximum absolute atomic E-state index is 2.90. The zero-order chi connectivity index (χ0) is 6.15. The Labute approximate surface area is 59.7 Å². The molecule has 1 heterocycles. The summed E-state index contributed by atoms with van der Waals surface area (Å²) in [5, 5.41) is 0. The van der Waals surface area contributed by atoms with E-state index >= 15 is 0 Å². The van der Waals surface area contributed by atoms with Gasteiger partial charge in [-0.25, -0.2) is 0 Å². The molecule has 49 valence electrons. The molecule has 0 aromatic heterocycles. The van der Waals surface area contributed by atoms with E-state index in [1.54, 1.807) is 0 Å². The Bertz CT molecular complexity index is 101. The van der Waals surface area contributed by atoms with E-state index in [-0.39, 0.29) is 0 Å². The molecule has 0 bridgehead atoms. The molecule has 0 spiro atoms. The van der Waals surface area contributed by atoms with Gasteiger partial charge in [0.05, 0.1) is 0 Å². The van der Waals surface area contributed by atoms with Crippen molar-refractivity contribution in [2.45, 2.75) is 0 Å². The molecule has 0 amide bonds. The first-order valence-electron chi connectivity index (χ1n) is 2.64. The molecular weight excluding hydrogens is 191 g/mol. The summed E-state index contributed by atoms with van der Waals surface area (Å²) in [7, 11) is 4.19. The fourth-order valence-corrected chi connectivity index (χ4v) is 1.13. The molecule has 0 aromatic carbocycles. The molecule has 1 aliphatic heterocycles. The monoisotopic (exact) mass is 201 g/mol. The quantitative estimate of drug-likeness (QED) is 0.487. The van der Waals surface area contributed by atoms with Crippen LogP contribution in [0.25, 0.3) is 0 Å². The third-order valence-corrected chi connectivity index (χ3v) is 2.62. The average molecular weight is 201 g/mol. The molecule has 1 aliphatic rings. The van der Waals surface area contributed by atoms with Crippen LogP contribution in [0.3, 0.4) is 0 Å². The third-order valence-electron chi connectivity index (χ3n) is 1.37. The fourth-order valence-electron chi connectivity index (χ4n) is 0.766. The van der Waals surface area contributed by atoms with Crippen molar-refractivity contribution in [3.8, 4) is 0 Å². The van der Waals surface area contributed by atoms with Crippen LogP contribution in [0.1, 0.15) is 0 Å². The van der Waals surface area contributed by atoms with Crippen molar-refractivity contribution in [2.24, 2.45) is 0 Å². The second kappa shape index (κ2) is 2.34. The van der Waals surface area contributed by atoms with Gasteiger partial charge in [0, 0.05) is 0 Å². The Hall–Kier alpha value is 0.413. The van der Waals surface area contributed by atoms with Crippen LogP contribution < -0.4 is 0 Å². The Balaban J connectivity index is 2.57. The average Bonchev–Trinajstić information content (AvgIpc) is 1.98. The fraction of sp³-hybridized carbons (Fsp3) is 0.800. The number of nitrogens with zero attached hydrogens (tertiary/aromatic N) is 2. The summed E-state index contributed by atoms with van der Waals surface area (Å²) in [6.07, 6.45) is 0. The number of hydrogen-bond donors (Lipinski definition) is 0. The first-order valence-corrected chi connectivity index (χ1v) is 3.46. The Morgan fingerprint density at radius 2 is 1.62 bits per heavy atom. The summed E-state index contributed by atoms with van der Waals surface area (Å²) in [6.45, 7) is 2.31. The molecule has 3 heteroatoms. The van der Waals surface area contributed by atoms with Crippen LogP contribution in [-0.4, -0.2) is 41.3 Å². The van der Waals surface area contributed by atoms with E-state index in [0.29, 0.717) is 0 Å². The van der Waals surface area contributed by atoms with Crippen molar-refractivity contribution in [3.63, 3.8) is 0 Å². The Kier molecular flexibility index (Phi) is 1.91. The van der Waals surface area contributed by atoms with Crippen molar-refractivity contribution >= 4 is 4.35 Å². The normalized spacial score (nSPS) is 25.1. The molecule has 1 fully saturated rings. The topological polar surface area (TPSA) is 6.48 Å². The van der Waals surface area contributed by atoms with Gasteiger partial charge in [0.25, 0.3) is 0 Å². The second-order valence-electron chi connectivity index (χ2n) is 2.09. The molecule has 0 N–H and O–H groups in total. The number of hydrogen-bond acceptors (Lipinski definition) is 2. The van der Waals surface area contributed by atoms with Gasteiger partial charge in [-0.15, -0.1) is 0 Å². The molecule has 0 aromatic rings. The molecule has 1 rings (SSSR count). The van der Waals surface area contributed by atoms with Gasteiger partial charge in [0.2, 0.25) is 0 Å². The molecule has 0 unspecified atom stereocenters. The van der Waals surface area contributed by atoms with E-state index in [1.165, 1.54) is 4.35 Å².